The number of rotatable bonds is 5. The molecule has 18 heavy (non-hydrogen) atoms. The third-order valence-corrected chi connectivity index (χ3v) is 5.08. The fraction of sp³-hybridized carbons (Fsp3) is 0.400. The monoisotopic (exact) mass is 343 g/mol. The Balaban J connectivity index is 3.19. The second-order valence-electron chi connectivity index (χ2n) is 3.60. The van der Waals surface area contributed by atoms with E-state index in [1.165, 1.54) is 18.2 Å². The summed E-state index contributed by atoms with van der Waals surface area (Å²) in [6, 6.07) is 4.24. The molecule has 0 aliphatic heterocycles. The van der Waals surface area contributed by atoms with E-state index >= 15 is 0 Å². The van der Waals surface area contributed by atoms with Crippen molar-refractivity contribution in [2.24, 2.45) is 0 Å². The molecule has 0 radical (unpaired) electrons. The molecule has 8 heteroatoms. The highest BCUT2D eigenvalue weighted by Gasteiger charge is 2.25. The topological polar surface area (TPSA) is 57.6 Å². The van der Waals surface area contributed by atoms with Crippen LogP contribution in [0.2, 0.25) is 0 Å². The lowest BCUT2D eigenvalue weighted by Gasteiger charge is -2.18. The molecule has 4 nitrogen and oxygen atoms in total. The number of hydrogen-bond donors (Lipinski definition) is 1. The van der Waals surface area contributed by atoms with E-state index in [0.29, 0.717) is 9.87 Å². The highest BCUT2D eigenvalue weighted by atomic mass is 79.9. The zero-order valence-electron chi connectivity index (χ0n) is 9.48. The van der Waals surface area contributed by atoms with Gasteiger partial charge in [-0.25, -0.2) is 17.2 Å². The molecule has 0 aliphatic carbocycles. The van der Waals surface area contributed by atoms with Gasteiger partial charge in [0.25, 0.3) is 6.43 Å². The first-order chi connectivity index (χ1) is 8.28. The van der Waals surface area contributed by atoms with Gasteiger partial charge in [0.1, 0.15) is 0 Å². The molecule has 0 bridgehead atoms. The fourth-order valence-electron chi connectivity index (χ4n) is 1.30. The van der Waals surface area contributed by atoms with Crippen LogP contribution in [0.3, 0.4) is 0 Å². The lowest BCUT2D eigenvalue weighted by molar-refractivity contribution is 0.126. The summed E-state index contributed by atoms with van der Waals surface area (Å²) in [4.78, 5) is -0.141. The summed E-state index contributed by atoms with van der Waals surface area (Å²) in [6.45, 7) is -1.20. The van der Waals surface area contributed by atoms with E-state index in [1.54, 1.807) is 0 Å². The third kappa shape index (κ3) is 3.47. The number of benzene rings is 1. The zero-order valence-corrected chi connectivity index (χ0v) is 11.9. The molecule has 102 valence electrons. The summed E-state index contributed by atoms with van der Waals surface area (Å²) in [6.07, 6.45) is -2.75. The summed E-state index contributed by atoms with van der Waals surface area (Å²) in [5.41, 5.74) is 0.391. The van der Waals surface area contributed by atoms with Gasteiger partial charge >= 0.3 is 0 Å². The number of sulfonamides is 1. The maximum atomic E-state index is 12.2. The van der Waals surface area contributed by atoms with Gasteiger partial charge in [-0.3, -0.25) is 0 Å². The molecular formula is C10H12BrF2NO3S. The summed E-state index contributed by atoms with van der Waals surface area (Å²) in [7, 11) is -2.92. The Labute approximate surface area is 112 Å². The molecule has 1 rings (SSSR count). The number of aliphatic hydroxyl groups excluding tert-OH is 1. The molecule has 0 saturated carbocycles. The SMILES string of the molecule is CN(CC(F)F)S(=O)(=O)c1cc(CO)ccc1Br. The molecular weight excluding hydrogens is 332 g/mol. The second-order valence-corrected chi connectivity index (χ2v) is 6.47. The summed E-state index contributed by atoms with van der Waals surface area (Å²) < 4.78 is 49.4. The van der Waals surface area contributed by atoms with Crippen LogP contribution in [0.15, 0.2) is 27.6 Å². The minimum absolute atomic E-state index is 0.141. The predicted molar refractivity (Wildman–Crippen MR) is 65.9 cm³/mol. The number of nitrogens with zero attached hydrogens (tertiary/aromatic N) is 1. The minimum atomic E-state index is -4.00. The maximum absolute atomic E-state index is 12.2. The van der Waals surface area contributed by atoms with Crippen molar-refractivity contribution in [3.8, 4) is 0 Å². The van der Waals surface area contributed by atoms with Crippen molar-refractivity contribution in [1.82, 2.24) is 4.31 Å². The van der Waals surface area contributed by atoms with Gasteiger partial charge in [0.05, 0.1) is 18.0 Å². The van der Waals surface area contributed by atoms with Crippen LogP contribution in [0.4, 0.5) is 8.78 Å². The largest absolute Gasteiger partial charge is 0.392 e. The molecule has 1 aromatic rings. The standard InChI is InChI=1S/C10H12BrF2NO3S/c1-14(5-10(12)13)18(16,17)9-4-7(6-15)2-3-8(9)11/h2-4,10,15H,5-6H2,1H3. The molecule has 0 unspecified atom stereocenters. The second kappa shape index (κ2) is 6.05. The van der Waals surface area contributed by atoms with Crippen molar-refractivity contribution in [3.63, 3.8) is 0 Å². The van der Waals surface area contributed by atoms with Crippen LogP contribution in [-0.2, 0) is 16.6 Å². The predicted octanol–water partition coefficient (Wildman–Crippen LogP) is 1.83. The van der Waals surface area contributed by atoms with Gasteiger partial charge in [0, 0.05) is 11.5 Å². The Bertz CT molecular complexity index is 522. The van der Waals surface area contributed by atoms with Crippen LogP contribution < -0.4 is 0 Å². The Morgan fingerprint density at radius 1 is 1.44 bits per heavy atom. The van der Waals surface area contributed by atoms with Crippen molar-refractivity contribution in [1.29, 1.82) is 0 Å². The third-order valence-electron chi connectivity index (χ3n) is 2.26. The highest BCUT2D eigenvalue weighted by Crippen LogP contribution is 2.26. The first kappa shape index (κ1) is 15.5. The summed E-state index contributed by atoms with van der Waals surface area (Å²) >= 11 is 3.06. The molecule has 0 fully saturated rings. The number of halogens is 3. The molecule has 0 amide bonds. The van der Waals surface area contributed by atoms with Crippen molar-refractivity contribution >= 4 is 26.0 Å². The van der Waals surface area contributed by atoms with Crippen LogP contribution in [0.1, 0.15) is 5.56 Å². The fourth-order valence-corrected chi connectivity index (χ4v) is 3.42. The average molecular weight is 344 g/mol. The first-order valence-electron chi connectivity index (χ1n) is 4.92. The van der Waals surface area contributed by atoms with Gasteiger partial charge in [-0.2, -0.15) is 4.31 Å². The quantitative estimate of drug-likeness (QED) is 0.887. The average Bonchev–Trinajstić information content (AvgIpc) is 2.28. The number of hydrogen-bond acceptors (Lipinski definition) is 3. The Kier molecular flexibility index (Phi) is 5.20. The van der Waals surface area contributed by atoms with E-state index in [0.717, 1.165) is 7.05 Å². The van der Waals surface area contributed by atoms with E-state index in [1.807, 2.05) is 0 Å². The van der Waals surface area contributed by atoms with E-state index in [-0.39, 0.29) is 16.0 Å². The molecule has 0 aliphatic rings. The minimum Gasteiger partial charge on any atom is -0.392 e. The van der Waals surface area contributed by atoms with Crippen LogP contribution in [0.25, 0.3) is 0 Å². The maximum Gasteiger partial charge on any atom is 0.252 e. The Morgan fingerprint density at radius 3 is 2.56 bits per heavy atom. The van der Waals surface area contributed by atoms with Crippen molar-refractivity contribution < 1.29 is 22.3 Å². The summed E-state index contributed by atoms with van der Waals surface area (Å²) in [5.74, 6) is 0. The van der Waals surface area contributed by atoms with E-state index in [9.17, 15) is 17.2 Å². The lowest BCUT2D eigenvalue weighted by atomic mass is 10.2. The number of aliphatic hydroxyl groups is 1. The molecule has 0 saturated heterocycles. The normalized spacial score (nSPS) is 12.4. The van der Waals surface area contributed by atoms with Gasteiger partial charge in [-0.05, 0) is 33.6 Å². The van der Waals surface area contributed by atoms with Crippen LogP contribution in [-0.4, -0.2) is 37.8 Å². The van der Waals surface area contributed by atoms with Gasteiger partial charge in [-0.1, -0.05) is 6.07 Å². The van der Waals surface area contributed by atoms with Crippen LogP contribution >= 0.6 is 15.9 Å². The lowest BCUT2D eigenvalue weighted by Crippen LogP contribution is -2.31. The zero-order chi connectivity index (χ0) is 13.9. The van der Waals surface area contributed by atoms with Gasteiger partial charge < -0.3 is 5.11 Å². The Hall–Kier alpha value is -0.570. The Morgan fingerprint density at radius 2 is 2.06 bits per heavy atom. The molecule has 0 atom stereocenters. The van der Waals surface area contributed by atoms with E-state index in [4.69, 9.17) is 5.11 Å². The molecule has 1 N–H and O–H groups in total. The molecule has 0 spiro atoms. The van der Waals surface area contributed by atoms with Gasteiger partial charge in [-0.15, -0.1) is 0 Å². The number of alkyl halides is 2. The van der Waals surface area contributed by atoms with Gasteiger partial charge in [0.15, 0.2) is 0 Å². The summed E-state index contributed by atoms with van der Waals surface area (Å²) in [5, 5.41) is 8.96. The molecule has 1 aromatic carbocycles. The molecule has 0 heterocycles. The van der Waals surface area contributed by atoms with Crippen molar-refractivity contribution in [2.45, 2.75) is 17.9 Å². The van der Waals surface area contributed by atoms with E-state index < -0.39 is 23.0 Å². The van der Waals surface area contributed by atoms with Crippen molar-refractivity contribution in [3.05, 3.63) is 28.2 Å². The van der Waals surface area contributed by atoms with Crippen LogP contribution in [0.5, 0.6) is 0 Å². The smallest absolute Gasteiger partial charge is 0.252 e. The van der Waals surface area contributed by atoms with E-state index in [2.05, 4.69) is 15.9 Å². The molecule has 0 aromatic heterocycles. The van der Waals surface area contributed by atoms with Crippen molar-refractivity contribution in [2.75, 3.05) is 13.6 Å². The van der Waals surface area contributed by atoms with Gasteiger partial charge in [0.2, 0.25) is 10.0 Å². The highest BCUT2D eigenvalue weighted by molar-refractivity contribution is 9.10. The first-order valence-corrected chi connectivity index (χ1v) is 7.16. The van der Waals surface area contributed by atoms with Crippen LogP contribution in [0, 0.1) is 0 Å².